The Morgan fingerprint density at radius 2 is 1.64 bits per heavy atom. The van der Waals surface area contributed by atoms with Gasteiger partial charge in [-0.2, -0.15) is 0 Å². The van der Waals surface area contributed by atoms with Gasteiger partial charge in [0.05, 0.1) is 28.1 Å². The quantitative estimate of drug-likeness (QED) is 0.310. The molecule has 33 heavy (non-hydrogen) atoms. The number of nitrogens with zero attached hydrogens (tertiary/aromatic N) is 2. The number of aromatic nitrogens is 2. The van der Waals surface area contributed by atoms with Crippen LogP contribution in [0.15, 0.2) is 93.7 Å². The highest BCUT2D eigenvalue weighted by Gasteiger charge is 2.14. The lowest BCUT2D eigenvalue weighted by Gasteiger charge is -2.13. The van der Waals surface area contributed by atoms with E-state index in [1.165, 1.54) is 24.3 Å². The molecule has 10 heteroatoms. The molecular formula is C23H20N4O4S2. The van der Waals surface area contributed by atoms with Crippen LogP contribution in [0.25, 0.3) is 10.9 Å². The average Bonchev–Trinajstić information content (AvgIpc) is 2.80. The van der Waals surface area contributed by atoms with E-state index in [-0.39, 0.29) is 22.1 Å². The summed E-state index contributed by atoms with van der Waals surface area (Å²) in [7, 11) is -3.80. The van der Waals surface area contributed by atoms with E-state index < -0.39 is 10.0 Å². The van der Waals surface area contributed by atoms with Gasteiger partial charge in [-0.1, -0.05) is 54.2 Å². The highest BCUT2D eigenvalue weighted by molar-refractivity contribution is 7.99. The van der Waals surface area contributed by atoms with Crippen LogP contribution >= 0.6 is 11.8 Å². The van der Waals surface area contributed by atoms with Crippen molar-refractivity contribution in [1.82, 2.24) is 9.55 Å². The molecule has 0 atom stereocenters. The number of hydrogen-bond donors (Lipinski definition) is 2. The summed E-state index contributed by atoms with van der Waals surface area (Å²) < 4.78 is 24.3. The Morgan fingerprint density at radius 1 is 0.970 bits per heavy atom. The minimum atomic E-state index is -3.80. The van der Waals surface area contributed by atoms with Gasteiger partial charge in [0.25, 0.3) is 5.56 Å². The number of hydrogen-bond acceptors (Lipinski definition) is 6. The molecule has 0 unspecified atom stereocenters. The second kappa shape index (κ2) is 9.57. The molecule has 0 aliphatic carbocycles. The number of rotatable bonds is 7. The number of sulfonamides is 1. The average molecular weight is 481 g/mol. The van der Waals surface area contributed by atoms with E-state index in [1.54, 1.807) is 22.8 Å². The first-order valence-corrected chi connectivity index (χ1v) is 12.4. The van der Waals surface area contributed by atoms with Crippen molar-refractivity contribution >= 4 is 44.3 Å². The molecule has 4 rings (SSSR count). The lowest BCUT2D eigenvalue weighted by Crippen LogP contribution is -2.24. The SMILES string of the molecule is NS(=O)(=O)c1ccc(NC(=O)CSc2nc3ccccc3c(=O)n2Cc2ccccc2)cc1. The summed E-state index contributed by atoms with van der Waals surface area (Å²) in [5.74, 6) is -0.312. The summed E-state index contributed by atoms with van der Waals surface area (Å²) in [4.78, 5) is 30.2. The third-order valence-electron chi connectivity index (χ3n) is 4.81. The van der Waals surface area contributed by atoms with Crippen molar-refractivity contribution < 1.29 is 13.2 Å². The Hall–Kier alpha value is -3.47. The van der Waals surface area contributed by atoms with Gasteiger partial charge in [-0.05, 0) is 42.0 Å². The number of anilines is 1. The summed E-state index contributed by atoms with van der Waals surface area (Å²) in [6.45, 7) is 0.330. The molecule has 0 aliphatic rings. The first-order valence-electron chi connectivity index (χ1n) is 9.90. The maximum absolute atomic E-state index is 13.2. The molecule has 0 saturated carbocycles. The third-order valence-corrected chi connectivity index (χ3v) is 6.71. The summed E-state index contributed by atoms with van der Waals surface area (Å²) in [6.07, 6.45) is 0. The number of nitrogens with one attached hydrogen (secondary N) is 1. The topological polar surface area (TPSA) is 124 Å². The van der Waals surface area contributed by atoms with E-state index in [2.05, 4.69) is 10.3 Å². The van der Waals surface area contributed by atoms with Crippen molar-refractivity contribution in [2.75, 3.05) is 11.1 Å². The molecule has 8 nitrogen and oxygen atoms in total. The molecule has 0 spiro atoms. The molecule has 1 heterocycles. The molecule has 3 N–H and O–H groups in total. The second-order valence-electron chi connectivity index (χ2n) is 7.19. The highest BCUT2D eigenvalue weighted by atomic mass is 32.2. The second-order valence-corrected chi connectivity index (χ2v) is 9.70. The number of carbonyl (C=O) groups excluding carboxylic acids is 1. The van der Waals surface area contributed by atoms with Crippen molar-refractivity contribution in [3.63, 3.8) is 0 Å². The Bertz CT molecular complexity index is 1470. The molecule has 168 valence electrons. The molecule has 0 fully saturated rings. The minimum absolute atomic E-state index is 0.0104. The van der Waals surface area contributed by atoms with E-state index in [9.17, 15) is 18.0 Å². The predicted octanol–water partition coefficient (Wildman–Crippen LogP) is 2.82. The van der Waals surface area contributed by atoms with E-state index >= 15 is 0 Å². The van der Waals surface area contributed by atoms with Gasteiger partial charge in [-0.25, -0.2) is 18.5 Å². The van der Waals surface area contributed by atoms with Crippen LogP contribution in [0.1, 0.15) is 5.56 Å². The Labute approximate surface area is 194 Å². The van der Waals surface area contributed by atoms with Crippen molar-refractivity contribution in [3.05, 3.63) is 94.8 Å². The number of nitrogens with two attached hydrogens (primary N) is 1. The summed E-state index contributed by atoms with van der Waals surface area (Å²) in [5.41, 5.74) is 1.76. The zero-order valence-electron chi connectivity index (χ0n) is 17.3. The van der Waals surface area contributed by atoms with Crippen LogP contribution in [0, 0.1) is 0 Å². The molecule has 0 aliphatic heterocycles. The van der Waals surface area contributed by atoms with E-state index in [4.69, 9.17) is 5.14 Å². The first-order chi connectivity index (χ1) is 15.8. The van der Waals surface area contributed by atoms with E-state index in [0.29, 0.717) is 28.3 Å². The Balaban J connectivity index is 1.55. The van der Waals surface area contributed by atoms with Gasteiger partial charge in [0.15, 0.2) is 5.16 Å². The fraction of sp³-hybridized carbons (Fsp3) is 0.0870. The number of primary sulfonamides is 1. The minimum Gasteiger partial charge on any atom is -0.325 e. The van der Waals surface area contributed by atoms with Crippen LogP contribution in [0.3, 0.4) is 0 Å². The first kappa shape index (κ1) is 22.7. The van der Waals surface area contributed by atoms with Crippen LogP contribution in [0.5, 0.6) is 0 Å². The van der Waals surface area contributed by atoms with Crippen molar-refractivity contribution in [1.29, 1.82) is 0 Å². The number of carbonyl (C=O) groups is 1. The third kappa shape index (κ3) is 5.48. The predicted molar refractivity (Wildman–Crippen MR) is 129 cm³/mol. The number of para-hydroxylation sites is 1. The van der Waals surface area contributed by atoms with Gasteiger partial charge in [0.2, 0.25) is 15.9 Å². The summed E-state index contributed by atoms with van der Waals surface area (Å²) in [6, 6.07) is 22.2. The molecule has 4 aromatic rings. The molecule has 0 saturated heterocycles. The Morgan fingerprint density at radius 3 is 2.33 bits per heavy atom. The number of thioether (sulfide) groups is 1. The van der Waals surface area contributed by atoms with Crippen LogP contribution in [0.2, 0.25) is 0 Å². The van der Waals surface area contributed by atoms with Gasteiger partial charge in [-0.3, -0.25) is 14.2 Å². The summed E-state index contributed by atoms with van der Waals surface area (Å²) in [5, 5.41) is 8.73. The standard InChI is InChI=1S/C23H20N4O4S2/c24-33(30,31)18-12-10-17(11-13-18)25-21(28)15-32-23-26-20-9-5-4-8-19(20)22(29)27(23)14-16-6-2-1-3-7-16/h1-13H,14-15H2,(H,25,28)(H2,24,30,31). The van der Waals surface area contributed by atoms with Crippen LogP contribution in [-0.2, 0) is 21.4 Å². The summed E-state index contributed by atoms with van der Waals surface area (Å²) >= 11 is 1.15. The van der Waals surface area contributed by atoms with Crippen LogP contribution < -0.4 is 16.0 Å². The lowest BCUT2D eigenvalue weighted by molar-refractivity contribution is -0.113. The van der Waals surface area contributed by atoms with Crippen molar-refractivity contribution in [2.45, 2.75) is 16.6 Å². The van der Waals surface area contributed by atoms with Gasteiger partial charge in [-0.15, -0.1) is 0 Å². The normalized spacial score (nSPS) is 11.4. The zero-order valence-corrected chi connectivity index (χ0v) is 19.0. The zero-order chi connectivity index (χ0) is 23.4. The van der Waals surface area contributed by atoms with Crippen LogP contribution in [0.4, 0.5) is 5.69 Å². The lowest BCUT2D eigenvalue weighted by atomic mass is 10.2. The maximum Gasteiger partial charge on any atom is 0.262 e. The largest absolute Gasteiger partial charge is 0.325 e. The van der Waals surface area contributed by atoms with Gasteiger partial charge in [0, 0.05) is 5.69 Å². The maximum atomic E-state index is 13.2. The molecule has 1 aromatic heterocycles. The molecule has 0 radical (unpaired) electrons. The molecular weight excluding hydrogens is 460 g/mol. The van der Waals surface area contributed by atoms with E-state index in [0.717, 1.165) is 17.3 Å². The van der Waals surface area contributed by atoms with Crippen molar-refractivity contribution in [3.8, 4) is 0 Å². The van der Waals surface area contributed by atoms with Crippen molar-refractivity contribution in [2.24, 2.45) is 5.14 Å². The van der Waals surface area contributed by atoms with Gasteiger partial charge >= 0.3 is 0 Å². The number of fused-ring (bicyclic) bond motifs is 1. The number of benzene rings is 3. The van der Waals surface area contributed by atoms with Crippen LogP contribution in [-0.4, -0.2) is 29.6 Å². The van der Waals surface area contributed by atoms with Gasteiger partial charge < -0.3 is 5.32 Å². The molecule has 3 aromatic carbocycles. The molecule has 0 bridgehead atoms. The van der Waals surface area contributed by atoms with E-state index in [1.807, 2.05) is 36.4 Å². The van der Waals surface area contributed by atoms with Gasteiger partial charge in [0.1, 0.15) is 0 Å². The monoisotopic (exact) mass is 480 g/mol. The fourth-order valence-electron chi connectivity index (χ4n) is 3.22. The molecule has 1 amide bonds. The smallest absolute Gasteiger partial charge is 0.262 e. The number of amides is 1. The highest BCUT2D eigenvalue weighted by Crippen LogP contribution is 2.20. The Kier molecular flexibility index (Phi) is 6.59. The fourth-order valence-corrected chi connectivity index (χ4v) is 4.53.